The van der Waals surface area contributed by atoms with Gasteiger partial charge in [0.25, 0.3) is 0 Å². The van der Waals surface area contributed by atoms with Crippen molar-refractivity contribution in [3.8, 4) is 5.75 Å². The topological polar surface area (TPSA) is 56.8 Å². The minimum absolute atomic E-state index is 0.119. The molecule has 0 bridgehead atoms. The number of ether oxygens (including phenoxy) is 3. The van der Waals surface area contributed by atoms with Crippen molar-refractivity contribution in [3.63, 3.8) is 0 Å². The predicted octanol–water partition coefficient (Wildman–Crippen LogP) is 5.19. The van der Waals surface area contributed by atoms with Crippen molar-refractivity contribution in [1.29, 1.82) is 0 Å². The normalized spacial score (nSPS) is 10.6. The second-order valence-corrected chi connectivity index (χ2v) is 5.88. The molecule has 0 radical (unpaired) electrons. The molecular weight excluding hydrogens is 330 g/mol. The first-order valence-corrected chi connectivity index (χ1v) is 9.02. The standard InChI is InChI=1S/C21H27NO4/c1-3-17(4-2)18-10-12-20(13-11-18)26-16-24-14-15-25-21(23)22-19-8-6-5-7-9-19/h5-13,17H,3-4,14-16H2,1-2H3,(H,22,23). The quantitative estimate of drug-likeness (QED) is 0.469. The summed E-state index contributed by atoms with van der Waals surface area (Å²) in [5, 5.41) is 2.63. The summed E-state index contributed by atoms with van der Waals surface area (Å²) < 4.78 is 15.9. The Kier molecular flexibility index (Phi) is 8.49. The van der Waals surface area contributed by atoms with Gasteiger partial charge in [-0.3, -0.25) is 5.32 Å². The molecule has 0 saturated heterocycles. The molecule has 1 N–H and O–H groups in total. The number of carbonyl (C=O) groups excluding carboxylic acids is 1. The summed E-state index contributed by atoms with van der Waals surface area (Å²) in [6.45, 7) is 4.96. The lowest BCUT2D eigenvalue weighted by Gasteiger charge is -2.13. The molecule has 0 aromatic heterocycles. The molecule has 0 unspecified atom stereocenters. The molecule has 5 nitrogen and oxygen atoms in total. The Balaban J connectivity index is 1.58. The average molecular weight is 357 g/mol. The van der Waals surface area contributed by atoms with Gasteiger partial charge in [-0.25, -0.2) is 4.79 Å². The molecule has 0 fully saturated rings. The van der Waals surface area contributed by atoms with Crippen LogP contribution in [0.2, 0.25) is 0 Å². The van der Waals surface area contributed by atoms with Gasteiger partial charge in [0.15, 0.2) is 6.79 Å². The molecule has 0 saturated carbocycles. The zero-order valence-corrected chi connectivity index (χ0v) is 15.4. The van der Waals surface area contributed by atoms with Gasteiger partial charge < -0.3 is 14.2 Å². The third-order valence-corrected chi connectivity index (χ3v) is 4.13. The van der Waals surface area contributed by atoms with E-state index in [1.165, 1.54) is 5.56 Å². The van der Waals surface area contributed by atoms with Crippen molar-refractivity contribution in [2.75, 3.05) is 25.3 Å². The fourth-order valence-electron chi connectivity index (χ4n) is 2.63. The van der Waals surface area contributed by atoms with Crippen LogP contribution in [0.15, 0.2) is 54.6 Å². The van der Waals surface area contributed by atoms with E-state index in [2.05, 4.69) is 31.3 Å². The largest absolute Gasteiger partial charge is 0.468 e. The SMILES string of the molecule is CCC(CC)c1ccc(OCOCCOC(=O)Nc2ccccc2)cc1. The fraction of sp³-hybridized carbons (Fsp3) is 0.381. The Labute approximate surface area is 155 Å². The van der Waals surface area contributed by atoms with E-state index in [-0.39, 0.29) is 20.0 Å². The fourth-order valence-corrected chi connectivity index (χ4v) is 2.63. The molecule has 26 heavy (non-hydrogen) atoms. The number of hydrogen-bond donors (Lipinski definition) is 1. The molecule has 1 amide bonds. The molecule has 0 spiro atoms. The van der Waals surface area contributed by atoms with Crippen molar-refractivity contribution in [2.45, 2.75) is 32.6 Å². The van der Waals surface area contributed by atoms with Gasteiger partial charge >= 0.3 is 6.09 Å². The van der Waals surface area contributed by atoms with Crippen LogP contribution in [-0.4, -0.2) is 26.1 Å². The summed E-state index contributed by atoms with van der Waals surface area (Å²) in [4.78, 5) is 11.6. The molecule has 0 aliphatic carbocycles. The van der Waals surface area contributed by atoms with Gasteiger partial charge in [0.2, 0.25) is 0 Å². The summed E-state index contributed by atoms with van der Waals surface area (Å²) in [5.41, 5.74) is 2.03. The zero-order chi connectivity index (χ0) is 18.6. The third kappa shape index (κ3) is 6.76. The number of amides is 1. The van der Waals surface area contributed by atoms with Crippen LogP contribution in [0.25, 0.3) is 0 Å². The van der Waals surface area contributed by atoms with E-state index in [0.29, 0.717) is 11.6 Å². The summed E-state index contributed by atoms with van der Waals surface area (Å²) >= 11 is 0. The second-order valence-electron chi connectivity index (χ2n) is 5.88. The van der Waals surface area contributed by atoms with Gasteiger partial charge in [0.1, 0.15) is 12.4 Å². The number of nitrogens with one attached hydrogen (secondary N) is 1. The number of hydrogen-bond acceptors (Lipinski definition) is 4. The highest BCUT2D eigenvalue weighted by Crippen LogP contribution is 2.24. The average Bonchev–Trinajstić information content (AvgIpc) is 2.67. The molecule has 0 aliphatic rings. The maximum absolute atomic E-state index is 11.6. The van der Waals surface area contributed by atoms with Crippen LogP contribution < -0.4 is 10.1 Å². The van der Waals surface area contributed by atoms with Gasteiger partial charge in [0, 0.05) is 5.69 Å². The highest BCUT2D eigenvalue weighted by atomic mass is 16.7. The van der Waals surface area contributed by atoms with E-state index in [0.717, 1.165) is 18.6 Å². The van der Waals surface area contributed by atoms with Crippen LogP contribution in [-0.2, 0) is 9.47 Å². The number of anilines is 1. The Morgan fingerprint density at radius 1 is 0.962 bits per heavy atom. The van der Waals surface area contributed by atoms with E-state index < -0.39 is 6.09 Å². The Bertz CT molecular complexity index is 639. The Morgan fingerprint density at radius 2 is 1.65 bits per heavy atom. The summed E-state index contributed by atoms with van der Waals surface area (Å²) in [7, 11) is 0. The van der Waals surface area contributed by atoms with Crippen LogP contribution in [0.3, 0.4) is 0 Å². The third-order valence-electron chi connectivity index (χ3n) is 4.13. The molecule has 2 aromatic rings. The van der Waals surface area contributed by atoms with E-state index in [9.17, 15) is 4.79 Å². The van der Waals surface area contributed by atoms with Crippen LogP contribution in [0, 0.1) is 0 Å². The highest BCUT2D eigenvalue weighted by Gasteiger charge is 2.06. The van der Waals surface area contributed by atoms with Gasteiger partial charge in [0.05, 0.1) is 6.61 Å². The van der Waals surface area contributed by atoms with E-state index >= 15 is 0 Å². The first-order chi connectivity index (χ1) is 12.7. The monoisotopic (exact) mass is 357 g/mol. The molecule has 0 aliphatic heterocycles. The number of rotatable bonds is 10. The van der Waals surface area contributed by atoms with Crippen LogP contribution in [0.1, 0.15) is 38.2 Å². The van der Waals surface area contributed by atoms with Crippen LogP contribution in [0.4, 0.5) is 10.5 Å². The van der Waals surface area contributed by atoms with Crippen molar-refractivity contribution in [2.24, 2.45) is 0 Å². The van der Waals surface area contributed by atoms with E-state index in [4.69, 9.17) is 14.2 Å². The van der Waals surface area contributed by atoms with E-state index in [1.807, 2.05) is 30.3 Å². The lowest BCUT2D eigenvalue weighted by atomic mass is 9.94. The molecule has 2 aromatic carbocycles. The minimum atomic E-state index is -0.502. The number of para-hydroxylation sites is 1. The smallest absolute Gasteiger partial charge is 0.411 e. The zero-order valence-electron chi connectivity index (χ0n) is 15.4. The number of carbonyl (C=O) groups is 1. The van der Waals surface area contributed by atoms with Gasteiger partial charge in [-0.15, -0.1) is 0 Å². The molecule has 0 atom stereocenters. The van der Waals surface area contributed by atoms with Crippen molar-refractivity contribution >= 4 is 11.8 Å². The second kappa shape index (κ2) is 11.2. The van der Waals surface area contributed by atoms with Gasteiger partial charge in [-0.1, -0.05) is 44.2 Å². The van der Waals surface area contributed by atoms with Crippen LogP contribution in [0.5, 0.6) is 5.75 Å². The lowest BCUT2D eigenvalue weighted by molar-refractivity contribution is -0.00332. The summed E-state index contributed by atoms with van der Waals surface area (Å²) in [6, 6.07) is 17.3. The lowest BCUT2D eigenvalue weighted by Crippen LogP contribution is -2.17. The molecular formula is C21H27NO4. The van der Waals surface area contributed by atoms with Gasteiger partial charge in [-0.05, 0) is 48.6 Å². The number of benzene rings is 2. The maximum atomic E-state index is 11.6. The molecule has 0 heterocycles. The van der Waals surface area contributed by atoms with Crippen molar-refractivity contribution in [1.82, 2.24) is 0 Å². The maximum Gasteiger partial charge on any atom is 0.411 e. The highest BCUT2D eigenvalue weighted by molar-refractivity contribution is 5.84. The first-order valence-electron chi connectivity index (χ1n) is 9.02. The van der Waals surface area contributed by atoms with Crippen molar-refractivity contribution < 1.29 is 19.0 Å². The molecule has 2 rings (SSSR count). The first kappa shape index (κ1) is 19.8. The van der Waals surface area contributed by atoms with Gasteiger partial charge in [-0.2, -0.15) is 0 Å². The van der Waals surface area contributed by atoms with E-state index in [1.54, 1.807) is 12.1 Å². The molecule has 5 heteroatoms. The Hall–Kier alpha value is -2.53. The summed E-state index contributed by atoms with van der Waals surface area (Å²) in [6.07, 6.45) is 1.77. The molecule has 140 valence electrons. The predicted molar refractivity (Wildman–Crippen MR) is 103 cm³/mol. The Morgan fingerprint density at radius 3 is 2.31 bits per heavy atom. The summed E-state index contributed by atoms with van der Waals surface area (Å²) in [5.74, 6) is 1.36. The van der Waals surface area contributed by atoms with Crippen molar-refractivity contribution in [3.05, 3.63) is 60.2 Å². The van der Waals surface area contributed by atoms with Crippen LogP contribution >= 0.6 is 0 Å². The minimum Gasteiger partial charge on any atom is -0.468 e.